The fourth-order valence-electron chi connectivity index (χ4n) is 1.94. The summed E-state index contributed by atoms with van der Waals surface area (Å²) in [5.74, 6) is 0. The van der Waals surface area contributed by atoms with Crippen molar-refractivity contribution < 1.29 is 13.2 Å². The van der Waals surface area contributed by atoms with E-state index in [1.165, 1.54) is 12.1 Å². The van der Waals surface area contributed by atoms with E-state index in [2.05, 4.69) is 5.32 Å². The second kappa shape index (κ2) is 5.49. The predicted molar refractivity (Wildman–Crippen MR) is 75.4 cm³/mol. The van der Waals surface area contributed by atoms with E-state index in [-0.39, 0.29) is 5.56 Å². The zero-order valence-corrected chi connectivity index (χ0v) is 11.5. The van der Waals surface area contributed by atoms with Gasteiger partial charge in [0, 0.05) is 11.4 Å². The maximum absolute atomic E-state index is 12.9. The van der Waals surface area contributed by atoms with Gasteiger partial charge in [-0.25, -0.2) is 0 Å². The molecule has 2 nitrogen and oxygen atoms in total. The Morgan fingerprint density at radius 1 is 0.952 bits per heavy atom. The number of aryl methyl sites for hydroxylation is 2. The summed E-state index contributed by atoms with van der Waals surface area (Å²) in [6.07, 6.45) is -4.55. The van der Waals surface area contributed by atoms with E-state index in [0.29, 0.717) is 11.4 Å². The Hall–Kier alpha value is -2.48. The summed E-state index contributed by atoms with van der Waals surface area (Å²) in [4.78, 5) is 0. The van der Waals surface area contributed by atoms with Gasteiger partial charge < -0.3 is 5.32 Å². The smallest absolute Gasteiger partial charge is 0.356 e. The van der Waals surface area contributed by atoms with E-state index < -0.39 is 11.7 Å². The topological polar surface area (TPSA) is 35.8 Å². The van der Waals surface area contributed by atoms with Gasteiger partial charge in [-0.05, 0) is 55.3 Å². The molecule has 0 aliphatic rings. The first kappa shape index (κ1) is 14.9. The zero-order chi connectivity index (χ0) is 15.6. The van der Waals surface area contributed by atoms with Crippen LogP contribution >= 0.6 is 0 Å². The average Bonchev–Trinajstić information content (AvgIpc) is 2.42. The lowest BCUT2D eigenvalue weighted by Gasteiger charge is -2.13. The average molecular weight is 290 g/mol. The van der Waals surface area contributed by atoms with E-state index in [1.807, 2.05) is 26.0 Å². The van der Waals surface area contributed by atoms with Crippen molar-refractivity contribution in [3.63, 3.8) is 0 Å². The standard InChI is InChI=1S/C16H13F3N2/c1-10-3-5-13(7-11(10)2)21-14-6-4-12(9-20)15(8-14)16(17,18)19/h3-8,21H,1-2H3. The van der Waals surface area contributed by atoms with Gasteiger partial charge in [-0.2, -0.15) is 18.4 Å². The molecule has 0 aliphatic carbocycles. The minimum Gasteiger partial charge on any atom is -0.356 e. The molecule has 0 unspecified atom stereocenters. The highest BCUT2D eigenvalue weighted by Gasteiger charge is 2.33. The Bertz CT molecular complexity index is 712. The van der Waals surface area contributed by atoms with Crippen LogP contribution in [0, 0.1) is 25.2 Å². The normalized spacial score (nSPS) is 11.0. The van der Waals surface area contributed by atoms with Crippen LogP contribution in [0.15, 0.2) is 36.4 Å². The van der Waals surface area contributed by atoms with E-state index in [0.717, 1.165) is 17.2 Å². The summed E-state index contributed by atoms with van der Waals surface area (Å²) in [6, 6.07) is 10.7. The number of hydrogen-bond donors (Lipinski definition) is 1. The Labute approximate surface area is 120 Å². The number of alkyl halides is 3. The largest absolute Gasteiger partial charge is 0.417 e. The Balaban J connectivity index is 2.37. The molecule has 0 amide bonds. The summed E-state index contributed by atoms with van der Waals surface area (Å²) in [7, 11) is 0. The lowest BCUT2D eigenvalue weighted by atomic mass is 10.1. The van der Waals surface area contributed by atoms with E-state index in [1.54, 1.807) is 12.1 Å². The number of nitrogens with one attached hydrogen (secondary N) is 1. The Kier molecular flexibility index (Phi) is 3.90. The molecule has 0 aliphatic heterocycles. The van der Waals surface area contributed by atoms with Gasteiger partial charge in [0.1, 0.15) is 0 Å². The van der Waals surface area contributed by atoms with Crippen LogP contribution in [0.1, 0.15) is 22.3 Å². The third kappa shape index (κ3) is 3.34. The summed E-state index contributed by atoms with van der Waals surface area (Å²) in [5.41, 5.74) is 1.84. The number of halogens is 3. The number of hydrogen-bond acceptors (Lipinski definition) is 2. The molecule has 0 fully saturated rings. The summed E-state index contributed by atoms with van der Waals surface area (Å²) < 4.78 is 38.7. The fourth-order valence-corrected chi connectivity index (χ4v) is 1.94. The molecule has 1 N–H and O–H groups in total. The highest BCUT2D eigenvalue weighted by molar-refractivity contribution is 5.63. The van der Waals surface area contributed by atoms with E-state index >= 15 is 0 Å². The van der Waals surface area contributed by atoms with Gasteiger partial charge in [0.05, 0.1) is 17.2 Å². The highest BCUT2D eigenvalue weighted by Crippen LogP contribution is 2.34. The van der Waals surface area contributed by atoms with Gasteiger partial charge in [0.15, 0.2) is 0 Å². The molecule has 0 heterocycles. The first-order valence-corrected chi connectivity index (χ1v) is 6.27. The van der Waals surface area contributed by atoms with E-state index in [9.17, 15) is 13.2 Å². The lowest BCUT2D eigenvalue weighted by Crippen LogP contribution is -2.08. The maximum Gasteiger partial charge on any atom is 0.417 e. The van der Waals surface area contributed by atoms with Gasteiger partial charge in [-0.15, -0.1) is 0 Å². The predicted octanol–water partition coefficient (Wildman–Crippen LogP) is 4.94. The second-order valence-corrected chi connectivity index (χ2v) is 4.79. The van der Waals surface area contributed by atoms with Crippen molar-refractivity contribution in [1.29, 1.82) is 5.26 Å². The second-order valence-electron chi connectivity index (χ2n) is 4.79. The molecule has 5 heteroatoms. The number of nitrogens with zero attached hydrogens (tertiary/aromatic N) is 1. The van der Waals surface area contributed by atoms with Crippen LogP contribution in [0.25, 0.3) is 0 Å². The number of benzene rings is 2. The Morgan fingerprint density at radius 2 is 1.57 bits per heavy atom. The SMILES string of the molecule is Cc1ccc(Nc2ccc(C#N)c(C(F)(F)F)c2)cc1C. The monoisotopic (exact) mass is 290 g/mol. The minimum absolute atomic E-state index is 0.296. The number of anilines is 2. The Morgan fingerprint density at radius 3 is 2.14 bits per heavy atom. The molecule has 0 bridgehead atoms. The lowest BCUT2D eigenvalue weighted by molar-refractivity contribution is -0.137. The molecule has 2 aromatic rings. The molecule has 0 radical (unpaired) electrons. The van der Waals surface area contributed by atoms with Crippen molar-refractivity contribution in [3.8, 4) is 6.07 Å². The third-order valence-corrected chi connectivity index (χ3v) is 3.24. The first-order chi connectivity index (χ1) is 9.81. The fraction of sp³-hybridized carbons (Fsp3) is 0.188. The number of nitriles is 1. The van der Waals surface area contributed by atoms with Crippen LogP contribution in [0.2, 0.25) is 0 Å². The van der Waals surface area contributed by atoms with E-state index in [4.69, 9.17) is 5.26 Å². The van der Waals surface area contributed by atoms with Gasteiger partial charge in [0.2, 0.25) is 0 Å². The highest BCUT2D eigenvalue weighted by atomic mass is 19.4. The maximum atomic E-state index is 12.9. The minimum atomic E-state index is -4.55. The molecule has 0 saturated heterocycles. The molecule has 0 atom stereocenters. The summed E-state index contributed by atoms with van der Waals surface area (Å²) in [5, 5.41) is 11.7. The van der Waals surface area contributed by atoms with Crippen molar-refractivity contribution >= 4 is 11.4 Å². The summed E-state index contributed by atoms with van der Waals surface area (Å²) in [6.45, 7) is 3.89. The van der Waals surface area contributed by atoms with Gasteiger partial charge in [0.25, 0.3) is 0 Å². The van der Waals surface area contributed by atoms with Crippen LogP contribution in [0.3, 0.4) is 0 Å². The van der Waals surface area contributed by atoms with Gasteiger partial charge >= 0.3 is 6.18 Å². The van der Waals surface area contributed by atoms with Crippen molar-refractivity contribution in [2.75, 3.05) is 5.32 Å². The number of rotatable bonds is 2. The van der Waals surface area contributed by atoms with Crippen LogP contribution in [0.4, 0.5) is 24.5 Å². The molecular formula is C16H13F3N2. The molecule has 0 saturated carbocycles. The molecule has 108 valence electrons. The van der Waals surface area contributed by atoms with Crippen molar-refractivity contribution in [1.82, 2.24) is 0 Å². The van der Waals surface area contributed by atoms with Crippen LogP contribution < -0.4 is 5.32 Å². The molecule has 2 aromatic carbocycles. The molecule has 2 rings (SSSR count). The molecular weight excluding hydrogens is 277 g/mol. The molecule has 0 aromatic heterocycles. The van der Waals surface area contributed by atoms with Crippen molar-refractivity contribution in [2.45, 2.75) is 20.0 Å². The van der Waals surface area contributed by atoms with Crippen LogP contribution in [-0.2, 0) is 6.18 Å². The van der Waals surface area contributed by atoms with Gasteiger partial charge in [-0.3, -0.25) is 0 Å². The van der Waals surface area contributed by atoms with Crippen molar-refractivity contribution in [2.24, 2.45) is 0 Å². The van der Waals surface area contributed by atoms with Crippen LogP contribution in [0.5, 0.6) is 0 Å². The van der Waals surface area contributed by atoms with Crippen LogP contribution in [-0.4, -0.2) is 0 Å². The first-order valence-electron chi connectivity index (χ1n) is 6.27. The third-order valence-electron chi connectivity index (χ3n) is 3.24. The van der Waals surface area contributed by atoms with Gasteiger partial charge in [-0.1, -0.05) is 6.07 Å². The molecule has 0 spiro atoms. The quantitative estimate of drug-likeness (QED) is 0.850. The zero-order valence-electron chi connectivity index (χ0n) is 11.5. The summed E-state index contributed by atoms with van der Waals surface area (Å²) >= 11 is 0. The van der Waals surface area contributed by atoms with Crippen molar-refractivity contribution in [3.05, 3.63) is 58.7 Å². The molecule has 21 heavy (non-hydrogen) atoms.